The maximum Gasteiger partial charge on any atom is 0.342 e. The van der Waals surface area contributed by atoms with Crippen LogP contribution in [0.2, 0.25) is 0 Å². The van der Waals surface area contributed by atoms with Crippen molar-refractivity contribution in [1.29, 1.82) is 0 Å². The van der Waals surface area contributed by atoms with Crippen LogP contribution in [0, 0.1) is 11.8 Å². The number of Topliss-reactive ketones (excluding diaryl/α,β-unsaturated/α-hetero) is 2. The Bertz CT molecular complexity index is 1410. The Labute approximate surface area is 231 Å². The Hall–Kier alpha value is -3.67. The van der Waals surface area contributed by atoms with Crippen LogP contribution in [-0.4, -0.2) is 106 Å². The van der Waals surface area contributed by atoms with Gasteiger partial charge in [0, 0.05) is 56.5 Å². The summed E-state index contributed by atoms with van der Waals surface area (Å²) in [4.78, 5) is 44.9. The highest BCUT2D eigenvalue weighted by atomic mass is 16.4. The third-order valence-corrected chi connectivity index (χ3v) is 8.76. The number of aliphatic carboxylic acids is 1. The van der Waals surface area contributed by atoms with Crippen LogP contribution in [0.25, 0.3) is 0 Å². The summed E-state index contributed by atoms with van der Waals surface area (Å²) in [6.45, 7) is 1.89. The number of ketones is 2. The van der Waals surface area contributed by atoms with Gasteiger partial charge < -0.3 is 30.4 Å². The Kier molecular flexibility index (Phi) is 6.80. The number of benzene rings is 1. The largest absolute Gasteiger partial charge is 0.510 e. The highest BCUT2D eigenvalue weighted by Gasteiger charge is 2.63. The first-order valence-corrected chi connectivity index (χ1v) is 13.3. The number of carbonyl (C=O) groups is 3. The van der Waals surface area contributed by atoms with Crippen molar-refractivity contribution in [2.75, 3.05) is 46.2 Å². The van der Waals surface area contributed by atoms with Crippen molar-refractivity contribution in [3.63, 3.8) is 0 Å². The van der Waals surface area contributed by atoms with Crippen LogP contribution in [0.5, 0.6) is 5.75 Å². The minimum Gasteiger partial charge on any atom is -0.510 e. The van der Waals surface area contributed by atoms with Gasteiger partial charge in [-0.1, -0.05) is 12.2 Å². The predicted molar refractivity (Wildman–Crippen MR) is 145 cm³/mol. The molecule has 5 rings (SSSR count). The van der Waals surface area contributed by atoms with Gasteiger partial charge in [0.15, 0.2) is 11.4 Å². The van der Waals surface area contributed by atoms with E-state index in [9.17, 15) is 39.9 Å². The van der Waals surface area contributed by atoms with E-state index in [1.165, 1.54) is 4.90 Å². The zero-order valence-electron chi connectivity index (χ0n) is 23.0. The summed E-state index contributed by atoms with van der Waals surface area (Å²) in [5, 5.41) is 55.1. The number of carboxylic acid groups (broad SMARTS) is 1. The minimum absolute atomic E-state index is 0.0119. The van der Waals surface area contributed by atoms with Crippen LogP contribution >= 0.6 is 0 Å². The zero-order chi connectivity index (χ0) is 29.3. The topological polar surface area (TPSA) is 162 Å². The van der Waals surface area contributed by atoms with Gasteiger partial charge in [0.25, 0.3) is 0 Å². The van der Waals surface area contributed by atoms with E-state index in [0.717, 1.165) is 18.7 Å². The molecule has 11 heteroatoms. The van der Waals surface area contributed by atoms with E-state index in [1.54, 1.807) is 14.1 Å². The van der Waals surface area contributed by atoms with Crippen molar-refractivity contribution < 1.29 is 39.9 Å². The number of aliphatic hydroxyl groups excluding tert-OH is 2. The van der Waals surface area contributed by atoms with Crippen LogP contribution in [0.15, 0.2) is 40.9 Å². The lowest BCUT2D eigenvalue weighted by molar-refractivity contribution is -0.151. The van der Waals surface area contributed by atoms with Crippen LogP contribution in [-0.2, 0) is 22.6 Å². The normalized spacial score (nSPS) is 28.5. The van der Waals surface area contributed by atoms with Gasteiger partial charge in [0.05, 0.1) is 11.6 Å². The molecule has 3 aliphatic carbocycles. The quantitative estimate of drug-likeness (QED) is 0.266. The molecule has 214 valence electrons. The molecule has 11 nitrogen and oxygen atoms in total. The second kappa shape index (κ2) is 9.76. The van der Waals surface area contributed by atoms with Gasteiger partial charge in [0.2, 0.25) is 5.78 Å². The number of hydrogen-bond acceptors (Lipinski definition) is 10. The van der Waals surface area contributed by atoms with Gasteiger partial charge in [-0.3, -0.25) is 19.4 Å². The molecule has 4 atom stereocenters. The Morgan fingerprint density at radius 2 is 1.82 bits per heavy atom. The molecule has 0 saturated heterocycles. The summed E-state index contributed by atoms with van der Waals surface area (Å²) in [6, 6.07) is 0.769. The molecule has 0 spiro atoms. The van der Waals surface area contributed by atoms with E-state index in [4.69, 9.17) is 0 Å². The maximum atomic E-state index is 14.1. The number of aromatic hydroxyl groups is 1. The van der Waals surface area contributed by atoms with Gasteiger partial charge in [-0.15, -0.1) is 0 Å². The second-order valence-electron chi connectivity index (χ2n) is 11.6. The van der Waals surface area contributed by atoms with Crippen molar-refractivity contribution in [3.05, 3.63) is 57.6 Å². The summed E-state index contributed by atoms with van der Waals surface area (Å²) < 4.78 is 0. The fourth-order valence-electron chi connectivity index (χ4n) is 6.92. The van der Waals surface area contributed by atoms with E-state index < -0.39 is 58.1 Å². The highest BCUT2D eigenvalue weighted by Crippen LogP contribution is 2.53. The third-order valence-electron chi connectivity index (χ3n) is 8.76. The van der Waals surface area contributed by atoms with Gasteiger partial charge >= 0.3 is 5.97 Å². The number of nitrogens with zero attached hydrogens (tertiary/aromatic N) is 3. The molecule has 1 aliphatic heterocycles. The number of carboxylic acids is 1. The molecule has 0 fully saturated rings. The molecule has 0 amide bonds. The maximum absolute atomic E-state index is 14.1. The SMILES string of the molecule is CN(C)c1cc(CN2CC=CCC2)c(O)c2c1C[C@H]1C[C@H]3[C@@H](N(C)C)C(O)=C(C(=O)O)C(=O)[C@@]3(O)C(O)=C1C2=O. The fourth-order valence-corrected chi connectivity index (χ4v) is 6.92. The number of allylic oxidation sites excluding steroid dienone is 1. The average Bonchev–Trinajstić information content (AvgIpc) is 2.87. The lowest BCUT2D eigenvalue weighted by Gasteiger charge is -2.50. The molecule has 1 aromatic carbocycles. The van der Waals surface area contributed by atoms with Gasteiger partial charge in [0.1, 0.15) is 22.8 Å². The number of anilines is 1. The van der Waals surface area contributed by atoms with Gasteiger partial charge in [-0.2, -0.15) is 0 Å². The number of phenols is 1. The molecular weight excluding hydrogens is 518 g/mol. The second-order valence-corrected chi connectivity index (χ2v) is 11.6. The van der Waals surface area contributed by atoms with Gasteiger partial charge in [-0.25, -0.2) is 4.79 Å². The molecule has 1 heterocycles. The van der Waals surface area contributed by atoms with Crippen molar-refractivity contribution in [2.45, 2.75) is 37.5 Å². The first-order valence-electron chi connectivity index (χ1n) is 13.3. The first-order chi connectivity index (χ1) is 18.8. The number of hydrogen-bond donors (Lipinski definition) is 5. The monoisotopic (exact) mass is 553 g/mol. The van der Waals surface area contributed by atoms with Crippen LogP contribution in [0.4, 0.5) is 5.69 Å². The molecule has 4 aliphatic rings. The van der Waals surface area contributed by atoms with Crippen LogP contribution in [0.1, 0.15) is 34.3 Å². The number of aliphatic hydroxyl groups is 3. The van der Waals surface area contributed by atoms with E-state index in [0.29, 0.717) is 24.2 Å². The molecule has 0 unspecified atom stereocenters. The van der Waals surface area contributed by atoms with Crippen molar-refractivity contribution in [1.82, 2.24) is 9.80 Å². The molecule has 0 aromatic heterocycles. The number of rotatable bonds is 5. The lowest BCUT2D eigenvalue weighted by Crippen LogP contribution is -2.63. The van der Waals surface area contributed by atoms with Crippen LogP contribution in [0.3, 0.4) is 0 Å². The van der Waals surface area contributed by atoms with E-state index >= 15 is 0 Å². The Morgan fingerprint density at radius 3 is 2.40 bits per heavy atom. The molecule has 0 radical (unpaired) electrons. The molecule has 0 bridgehead atoms. The van der Waals surface area contributed by atoms with Crippen molar-refractivity contribution in [3.8, 4) is 5.75 Å². The van der Waals surface area contributed by atoms with Crippen molar-refractivity contribution in [2.24, 2.45) is 11.8 Å². The molecule has 0 saturated carbocycles. The third kappa shape index (κ3) is 3.94. The smallest absolute Gasteiger partial charge is 0.342 e. The van der Waals surface area contributed by atoms with E-state index in [-0.39, 0.29) is 29.7 Å². The summed E-state index contributed by atoms with van der Waals surface area (Å²) in [5.74, 6) is -7.40. The van der Waals surface area contributed by atoms with E-state index in [2.05, 4.69) is 11.0 Å². The zero-order valence-corrected chi connectivity index (χ0v) is 23.0. The van der Waals surface area contributed by atoms with Crippen LogP contribution < -0.4 is 4.90 Å². The number of likely N-dealkylation sites (N-methyl/N-ethyl adjacent to an activating group) is 1. The fraction of sp³-hybridized carbons (Fsp3) is 0.483. The van der Waals surface area contributed by atoms with Crippen molar-refractivity contribution >= 4 is 23.2 Å². The lowest BCUT2D eigenvalue weighted by atomic mass is 9.58. The van der Waals surface area contributed by atoms with Gasteiger partial charge in [-0.05, 0) is 50.9 Å². The minimum atomic E-state index is -2.73. The molecular formula is C29H35N3O8. The molecule has 1 aromatic rings. The Morgan fingerprint density at radius 1 is 1.12 bits per heavy atom. The number of carbonyl (C=O) groups excluding carboxylic acids is 2. The molecule has 5 N–H and O–H groups in total. The summed E-state index contributed by atoms with van der Waals surface area (Å²) in [7, 11) is 6.81. The average molecular weight is 554 g/mol. The highest BCUT2D eigenvalue weighted by molar-refractivity contribution is 6.23. The first kappa shape index (κ1) is 27.9. The summed E-state index contributed by atoms with van der Waals surface area (Å²) in [5.41, 5.74) is -2.08. The standard InChI is InChI=1S/C29H35N3O8/c1-30(2)18-12-15(13-32-8-6-5-7-9-32)23(33)20-16(18)10-14-11-17-22(31(3)4)25(35)21(28(38)39)27(37)29(17,40)26(36)19(14)24(20)34/h5-6,12,14,17,22,33,35-36,40H,7-11,13H2,1-4H3,(H,38,39)/t14-,17-,22+,29-/m0/s1. The summed E-state index contributed by atoms with van der Waals surface area (Å²) >= 11 is 0. The predicted octanol–water partition coefficient (Wildman–Crippen LogP) is 1.55. The number of phenolic OH excluding ortho intramolecular Hbond substituents is 1. The number of fused-ring (bicyclic) bond motifs is 3. The molecule has 40 heavy (non-hydrogen) atoms. The Balaban J connectivity index is 1.68. The summed E-state index contributed by atoms with van der Waals surface area (Å²) in [6.07, 6.45) is 5.25. The van der Waals surface area contributed by atoms with E-state index in [1.807, 2.05) is 31.1 Å².